The fourth-order valence-corrected chi connectivity index (χ4v) is 5.66. The number of hydrogen-bond donors (Lipinski definition) is 1. The molecule has 1 amide bonds. The predicted octanol–water partition coefficient (Wildman–Crippen LogP) is 1.37. The fraction of sp³-hybridized carbons (Fsp3) is 0.348. The molecule has 1 atom stereocenters. The molecule has 0 bridgehead atoms. The number of halogens is 1. The molecule has 1 N–H and O–H groups in total. The van der Waals surface area contributed by atoms with Gasteiger partial charge >= 0.3 is 0 Å². The van der Waals surface area contributed by atoms with Crippen LogP contribution >= 0.6 is 0 Å². The first-order chi connectivity index (χ1) is 17.4. The molecule has 0 spiro atoms. The number of amides is 1. The van der Waals surface area contributed by atoms with Gasteiger partial charge in [0.25, 0.3) is 0 Å². The second-order valence-corrected chi connectivity index (χ2v) is 10.3. The lowest BCUT2D eigenvalue weighted by Crippen LogP contribution is -2.51. The van der Waals surface area contributed by atoms with E-state index in [0.717, 1.165) is 11.1 Å². The van der Waals surface area contributed by atoms with Crippen molar-refractivity contribution < 1.29 is 22.8 Å². The molecule has 190 valence electrons. The summed E-state index contributed by atoms with van der Waals surface area (Å²) in [5.41, 5.74) is 1.54. The van der Waals surface area contributed by atoms with Crippen LogP contribution in [0.2, 0.25) is 0 Å². The molecular formula is C23H26FN7O4S. The summed E-state index contributed by atoms with van der Waals surface area (Å²) < 4.78 is 40.6. The smallest absolute Gasteiger partial charge is 0.233 e. The number of hydroxylamine groups is 2. The van der Waals surface area contributed by atoms with Crippen molar-refractivity contribution in [2.75, 3.05) is 36.8 Å². The van der Waals surface area contributed by atoms with E-state index in [1.165, 1.54) is 16.4 Å². The Bertz CT molecular complexity index is 1240. The minimum atomic E-state index is -3.76. The van der Waals surface area contributed by atoms with Gasteiger partial charge in [-0.1, -0.05) is 12.1 Å². The Labute approximate surface area is 208 Å². The van der Waals surface area contributed by atoms with Gasteiger partial charge < -0.3 is 4.90 Å². The lowest BCUT2D eigenvalue weighted by atomic mass is 10.1. The maximum absolute atomic E-state index is 13.1. The van der Waals surface area contributed by atoms with Crippen molar-refractivity contribution in [3.05, 3.63) is 66.8 Å². The van der Waals surface area contributed by atoms with Gasteiger partial charge in [-0.05, 0) is 30.2 Å². The van der Waals surface area contributed by atoms with E-state index < -0.39 is 21.8 Å². The number of nitrogens with zero attached hydrogens (tertiary/aromatic N) is 7. The minimum absolute atomic E-state index is 0.187. The van der Waals surface area contributed by atoms with E-state index in [1.54, 1.807) is 43.0 Å². The number of aryl methyl sites for hydroxylation is 1. The molecule has 4 rings (SSSR count). The monoisotopic (exact) mass is 515 g/mol. The van der Waals surface area contributed by atoms with Crippen molar-refractivity contribution in [3.63, 3.8) is 0 Å². The van der Waals surface area contributed by atoms with E-state index >= 15 is 0 Å². The highest BCUT2D eigenvalue weighted by Crippen LogP contribution is 2.21. The van der Waals surface area contributed by atoms with Crippen molar-refractivity contribution >= 4 is 22.4 Å². The largest absolute Gasteiger partial charge is 0.338 e. The van der Waals surface area contributed by atoms with Crippen molar-refractivity contribution in [3.8, 4) is 11.1 Å². The molecule has 2 aromatic heterocycles. The van der Waals surface area contributed by atoms with Crippen LogP contribution < -0.4 is 4.90 Å². The van der Waals surface area contributed by atoms with Crippen LogP contribution in [0.15, 0.2) is 55.1 Å². The fourth-order valence-electron chi connectivity index (χ4n) is 3.92. The van der Waals surface area contributed by atoms with Crippen LogP contribution in [-0.4, -0.2) is 87.3 Å². The maximum atomic E-state index is 13.1. The normalized spacial score (nSPS) is 15.4. The molecule has 1 fully saturated rings. The first-order valence-electron chi connectivity index (χ1n) is 11.3. The van der Waals surface area contributed by atoms with E-state index in [1.807, 2.05) is 4.90 Å². The van der Waals surface area contributed by atoms with Crippen LogP contribution in [0.25, 0.3) is 11.1 Å². The Balaban J connectivity index is 1.35. The Morgan fingerprint density at radius 3 is 2.25 bits per heavy atom. The number of rotatable bonds is 10. The number of aromatic nitrogens is 4. The van der Waals surface area contributed by atoms with Gasteiger partial charge in [0, 0.05) is 63.0 Å². The van der Waals surface area contributed by atoms with Crippen LogP contribution in [0.3, 0.4) is 0 Å². The first kappa shape index (κ1) is 25.5. The summed E-state index contributed by atoms with van der Waals surface area (Å²) in [6.45, 7) is 1.20. The van der Waals surface area contributed by atoms with E-state index in [4.69, 9.17) is 0 Å². The highest BCUT2D eigenvalue weighted by Gasteiger charge is 2.32. The number of benzene rings is 1. The number of hydrogen-bond acceptors (Lipinski definition) is 9. The first-order valence-corrected chi connectivity index (χ1v) is 13.0. The second kappa shape index (κ2) is 11.5. The zero-order valence-electron chi connectivity index (χ0n) is 19.4. The quantitative estimate of drug-likeness (QED) is 0.241. The van der Waals surface area contributed by atoms with Crippen molar-refractivity contribution in [2.24, 2.45) is 0 Å². The van der Waals surface area contributed by atoms with Crippen molar-refractivity contribution in [2.45, 2.75) is 18.9 Å². The number of carbonyl (C=O) groups excluding carboxylic acids is 1. The maximum Gasteiger partial charge on any atom is 0.233 e. The van der Waals surface area contributed by atoms with E-state index in [2.05, 4.69) is 19.9 Å². The lowest BCUT2D eigenvalue weighted by molar-refractivity contribution is -0.158. The molecule has 0 aliphatic carbocycles. The van der Waals surface area contributed by atoms with Crippen molar-refractivity contribution in [1.29, 1.82) is 0 Å². The molecule has 36 heavy (non-hydrogen) atoms. The summed E-state index contributed by atoms with van der Waals surface area (Å²) in [5, 5.41) is 10.4. The summed E-state index contributed by atoms with van der Waals surface area (Å²) >= 11 is 0. The predicted molar refractivity (Wildman–Crippen MR) is 129 cm³/mol. The van der Waals surface area contributed by atoms with Gasteiger partial charge in [0.05, 0.1) is 11.8 Å². The number of anilines is 1. The van der Waals surface area contributed by atoms with Gasteiger partial charge in [0.2, 0.25) is 22.4 Å². The average Bonchev–Trinajstić information content (AvgIpc) is 2.92. The van der Waals surface area contributed by atoms with Crippen LogP contribution in [-0.2, 0) is 21.2 Å². The molecule has 3 heterocycles. The third-order valence-electron chi connectivity index (χ3n) is 5.94. The number of piperazine rings is 1. The van der Waals surface area contributed by atoms with E-state index in [-0.39, 0.29) is 31.7 Å². The summed E-state index contributed by atoms with van der Waals surface area (Å²) in [6.07, 6.45) is 7.15. The molecule has 1 unspecified atom stereocenters. The Kier molecular flexibility index (Phi) is 8.13. The number of carbonyl (C=O) groups is 1. The van der Waals surface area contributed by atoms with Crippen LogP contribution in [0, 0.1) is 5.82 Å². The summed E-state index contributed by atoms with van der Waals surface area (Å²) in [7, 11) is -3.76. The van der Waals surface area contributed by atoms with E-state index in [9.17, 15) is 22.8 Å². The Hall–Kier alpha value is -3.55. The van der Waals surface area contributed by atoms with E-state index in [0.29, 0.717) is 36.3 Å². The highest BCUT2D eigenvalue weighted by molar-refractivity contribution is 7.89. The van der Waals surface area contributed by atoms with Crippen LogP contribution in [0.4, 0.5) is 10.3 Å². The van der Waals surface area contributed by atoms with Gasteiger partial charge in [-0.2, -0.15) is 4.31 Å². The molecule has 0 saturated carbocycles. The molecule has 13 heteroatoms. The zero-order valence-corrected chi connectivity index (χ0v) is 20.2. The third-order valence-corrected chi connectivity index (χ3v) is 7.89. The van der Waals surface area contributed by atoms with Crippen molar-refractivity contribution in [1.82, 2.24) is 29.3 Å². The van der Waals surface area contributed by atoms with Crippen LogP contribution in [0.1, 0.15) is 12.2 Å². The summed E-state index contributed by atoms with van der Waals surface area (Å²) in [4.78, 5) is 30.0. The molecular weight excluding hydrogens is 489 g/mol. The topological polar surface area (TPSA) is 133 Å². The molecule has 1 saturated heterocycles. The average molecular weight is 516 g/mol. The molecule has 1 aliphatic rings. The van der Waals surface area contributed by atoms with Gasteiger partial charge in [0.15, 0.2) is 0 Å². The minimum Gasteiger partial charge on any atom is -0.338 e. The van der Waals surface area contributed by atoms with Crippen LogP contribution in [0.5, 0.6) is 0 Å². The molecule has 3 aromatic rings. The van der Waals surface area contributed by atoms with Gasteiger partial charge in [-0.15, -0.1) is 0 Å². The molecule has 1 aliphatic heterocycles. The lowest BCUT2D eigenvalue weighted by Gasteiger charge is -2.35. The van der Waals surface area contributed by atoms with Gasteiger partial charge in [-0.3, -0.25) is 10.0 Å². The zero-order chi connectivity index (χ0) is 25.5. The molecule has 0 radical (unpaired) electrons. The number of sulfonamides is 1. The van der Waals surface area contributed by atoms with Gasteiger partial charge in [-0.25, -0.2) is 37.8 Å². The highest BCUT2D eigenvalue weighted by atomic mass is 32.2. The summed E-state index contributed by atoms with van der Waals surface area (Å²) in [5.74, 6) is 0.232. The Morgan fingerprint density at radius 1 is 1.00 bits per heavy atom. The second-order valence-electron chi connectivity index (χ2n) is 8.29. The third kappa shape index (κ3) is 6.36. The summed E-state index contributed by atoms with van der Waals surface area (Å²) in [6, 6.07) is 6.77. The standard InChI is InChI=1S/C23H26FN7O4S/c24-20-4-2-18(3-5-20)19-14-27-23(28-15-19)29-10-12-30(13-11-29)36(34,35)16-21(31(33)17-32)6-7-22-25-8-1-9-26-22/h1-5,8-9,14-15,17,21,33H,6-7,10-13,16H2. The molecule has 11 nitrogen and oxygen atoms in total. The van der Waals surface area contributed by atoms with Gasteiger partial charge in [0.1, 0.15) is 11.6 Å². The molecule has 1 aromatic carbocycles. The SMILES string of the molecule is O=CN(O)C(CCc1ncccn1)CS(=O)(=O)N1CCN(c2ncc(-c3ccc(F)cc3)cn2)CC1. The Morgan fingerprint density at radius 2 is 1.64 bits per heavy atom.